The molecular weight excluding hydrogens is 184 g/mol. The van der Waals surface area contributed by atoms with Gasteiger partial charge in [0, 0.05) is 18.9 Å². The van der Waals surface area contributed by atoms with Crippen LogP contribution in [0.1, 0.15) is 27.7 Å². The van der Waals surface area contributed by atoms with Crippen LogP contribution < -0.4 is 0 Å². The second kappa shape index (κ2) is 3.33. The second-order valence-electron chi connectivity index (χ2n) is 4.03. The molecule has 5 heteroatoms. The number of allylic oxidation sites excluding steroid dienone is 2. The van der Waals surface area contributed by atoms with Gasteiger partial charge in [-0.25, -0.2) is 0 Å². The molecule has 0 aromatic carbocycles. The molecule has 0 bridgehead atoms. The van der Waals surface area contributed by atoms with Gasteiger partial charge in [-0.2, -0.15) is 0 Å². The average molecular weight is 200 g/mol. The van der Waals surface area contributed by atoms with Crippen LogP contribution in [0.25, 0.3) is 0 Å². The van der Waals surface area contributed by atoms with Gasteiger partial charge in [-0.15, -0.1) is 0 Å². The van der Waals surface area contributed by atoms with E-state index in [0.717, 1.165) is 9.82 Å². The number of rotatable bonds is 1. The van der Waals surface area contributed by atoms with Crippen LogP contribution in [0.4, 0.5) is 0 Å². The molecule has 1 atom stereocenters. The predicted octanol–water partition coefficient (Wildman–Crippen LogP) is 1.58. The Bertz CT molecular complexity index is 296. The summed E-state index contributed by atoms with van der Waals surface area (Å²) in [6.07, 6.45) is -0.760. The first kappa shape index (κ1) is 11.1. The Balaban J connectivity index is 3.23. The number of nitroso groups, excluding NO2 is 1. The van der Waals surface area contributed by atoms with Crippen LogP contribution in [0.3, 0.4) is 0 Å². The quantitative estimate of drug-likeness (QED) is 0.603. The largest absolute Gasteiger partial charge is 0.758 e. The molecule has 80 valence electrons. The van der Waals surface area contributed by atoms with E-state index in [1.165, 1.54) is 7.11 Å². The molecule has 0 amide bonds. The van der Waals surface area contributed by atoms with Crippen molar-refractivity contribution >= 4 is 0 Å². The number of methoxy groups -OCH3 is 1. The lowest BCUT2D eigenvalue weighted by atomic mass is 9.98. The molecule has 0 aromatic heterocycles. The first-order valence-electron chi connectivity index (χ1n) is 4.48. The normalized spacial score (nSPS) is 27.1. The van der Waals surface area contributed by atoms with Crippen molar-refractivity contribution in [2.75, 3.05) is 7.11 Å². The number of hydrogen-bond donors (Lipinski definition) is 0. The summed E-state index contributed by atoms with van der Waals surface area (Å²) in [7, 11) is 1.43. The van der Waals surface area contributed by atoms with Crippen molar-refractivity contribution < 1.29 is 9.50 Å². The zero-order chi connectivity index (χ0) is 11.1. The zero-order valence-corrected chi connectivity index (χ0v) is 9.20. The molecule has 0 aliphatic carbocycles. The minimum absolute atomic E-state index is 0.408. The van der Waals surface area contributed by atoms with Gasteiger partial charge in [-0.05, 0) is 20.8 Å². The predicted molar refractivity (Wildman–Crippen MR) is 52.1 cm³/mol. The van der Waals surface area contributed by atoms with Gasteiger partial charge in [0.15, 0.2) is 0 Å². The fraction of sp³-hybridized carbons (Fsp3) is 0.778. The van der Waals surface area contributed by atoms with Crippen LogP contribution >= 0.6 is 0 Å². The monoisotopic (exact) mass is 200 g/mol. The van der Waals surface area contributed by atoms with Gasteiger partial charge in [0.2, 0.25) is 0 Å². The standard InChI is InChI=1S/C9H16N2O3/c1-6-7(2)11(13)9(3,4)8(14-5)10(6)12/h8H,1-5H3. The number of hydroxylamine groups is 2. The van der Waals surface area contributed by atoms with Crippen LogP contribution in [-0.2, 0) is 4.74 Å². The maximum atomic E-state index is 11.8. The number of ether oxygens (including phenoxy) is 1. The molecule has 0 aromatic rings. The maximum absolute atomic E-state index is 11.8. The van der Waals surface area contributed by atoms with Gasteiger partial charge in [0.1, 0.15) is 5.54 Å². The topological polar surface area (TPSA) is 55.6 Å². The smallest absolute Gasteiger partial charge is 0.332 e. The van der Waals surface area contributed by atoms with Gasteiger partial charge in [0.25, 0.3) is 5.70 Å². The molecule has 0 fully saturated rings. The molecular formula is C9H16N2O3. The maximum Gasteiger partial charge on any atom is 0.332 e. The van der Waals surface area contributed by atoms with Crippen molar-refractivity contribution in [1.82, 2.24) is 5.06 Å². The third-order valence-electron chi connectivity index (χ3n) is 2.72. The van der Waals surface area contributed by atoms with Crippen molar-refractivity contribution in [3.05, 3.63) is 21.5 Å². The van der Waals surface area contributed by atoms with Gasteiger partial charge in [-0.1, -0.05) is 0 Å². The highest BCUT2D eigenvalue weighted by molar-refractivity contribution is 5.11. The SMILES string of the molecule is COC1[N+](=O)C(C)=C(C)N([O-])C1(C)C. The van der Waals surface area contributed by atoms with Gasteiger partial charge in [-0.3, -0.25) is 0 Å². The Morgan fingerprint density at radius 3 is 2.43 bits per heavy atom. The summed E-state index contributed by atoms with van der Waals surface area (Å²) in [4.78, 5) is 11.7. The Labute approximate surface area is 83.5 Å². The highest BCUT2D eigenvalue weighted by atomic mass is 16.5. The Morgan fingerprint density at radius 2 is 2.00 bits per heavy atom. The summed E-state index contributed by atoms with van der Waals surface area (Å²) in [6, 6.07) is 0. The van der Waals surface area contributed by atoms with Crippen molar-refractivity contribution in [2.45, 2.75) is 39.5 Å². The first-order valence-corrected chi connectivity index (χ1v) is 4.48. The van der Waals surface area contributed by atoms with E-state index in [-0.39, 0.29) is 0 Å². The van der Waals surface area contributed by atoms with Crippen molar-refractivity contribution in [3.63, 3.8) is 0 Å². The van der Waals surface area contributed by atoms with Crippen molar-refractivity contribution in [3.8, 4) is 0 Å². The Hall–Kier alpha value is -0.940. The van der Waals surface area contributed by atoms with Crippen LogP contribution in [0.5, 0.6) is 0 Å². The summed E-state index contributed by atoms with van der Waals surface area (Å²) in [5.41, 5.74) is -0.00965. The third kappa shape index (κ3) is 1.33. The summed E-state index contributed by atoms with van der Waals surface area (Å²) in [5.74, 6) is 0. The highest BCUT2D eigenvalue weighted by Gasteiger charge is 2.49. The molecule has 0 N–H and O–H groups in total. The van der Waals surface area contributed by atoms with Crippen LogP contribution in [0, 0.1) is 10.1 Å². The summed E-state index contributed by atoms with van der Waals surface area (Å²) in [5, 5.41) is 12.6. The van der Waals surface area contributed by atoms with E-state index < -0.39 is 11.8 Å². The summed E-state index contributed by atoms with van der Waals surface area (Å²) >= 11 is 0. The fourth-order valence-electron chi connectivity index (χ4n) is 1.69. The summed E-state index contributed by atoms with van der Waals surface area (Å²) < 4.78 is 5.80. The van der Waals surface area contributed by atoms with Crippen molar-refractivity contribution in [2.24, 2.45) is 0 Å². The van der Waals surface area contributed by atoms with Gasteiger partial charge in [0.05, 0.1) is 10.5 Å². The van der Waals surface area contributed by atoms with E-state index in [4.69, 9.17) is 4.74 Å². The lowest BCUT2D eigenvalue weighted by Gasteiger charge is -2.48. The molecule has 1 rings (SSSR count). The third-order valence-corrected chi connectivity index (χ3v) is 2.72. The van der Waals surface area contributed by atoms with E-state index in [2.05, 4.69) is 0 Å². The highest BCUT2D eigenvalue weighted by Crippen LogP contribution is 2.32. The molecule has 0 saturated carbocycles. The molecule has 1 aliphatic heterocycles. The van der Waals surface area contributed by atoms with E-state index in [1.54, 1.807) is 27.7 Å². The minimum atomic E-state index is -0.861. The molecule has 0 saturated heterocycles. The van der Waals surface area contributed by atoms with Gasteiger partial charge >= 0.3 is 6.23 Å². The van der Waals surface area contributed by atoms with E-state index >= 15 is 0 Å². The first-order chi connectivity index (χ1) is 6.34. The second-order valence-corrected chi connectivity index (χ2v) is 4.03. The molecule has 0 spiro atoms. The van der Waals surface area contributed by atoms with Crippen LogP contribution in [-0.4, -0.2) is 28.7 Å². The number of hydrogen-bond acceptors (Lipinski definition) is 4. The molecule has 0 radical (unpaired) electrons. The number of nitrogens with zero attached hydrogens (tertiary/aromatic N) is 2. The minimum Gasteiger partial charge on any atom is -0.758 e. The molecule has 1 aliphatic rings. The molecule has 5 nitrogen and oxygen atoms in total. The molecule has 14 heavy (non-hydrogen) atoms. The molecule has 1 heterocycles. The zero-order valence-electron chi connectivity index (χ0n) is 9.20. The van der Waals surface area contributed by atoms with Crippen LogP contribution in [0.2, 0.25) is 0 Å². The fourth-order valence-corrected chi connectivity index (χ4v) is 1.69. The van der Waals surface area contributed by atoms with E-state index in [9.17, 15) is 10.1 Å². The van der Waals surface area contributed by atoms with E-state index in [0.29, 0.717) is 11.4 Å². The Kier molecular flexibility index (Phi) is 2.65. The summed E-state index contributed by atoms with van der Waals surface area (Å²) in [6.45, 7) is 6.64. The Morgan fingerprint density at radius 1 is 1.50 bits per heavy atom. The lowest BCUT2D eigenvalue weighted by molar-refractivity contribution is -0.611. The van der Waals surface area contributed by atoms with Crippen LogP contribution in [0.15, 0.2) is 11.4 Å². The van der Waals surface area contributed by atoms with Crippen molar-refractivity contribution in [1.29, 1.82) is 0 Å². The average Bonchev–Trinajstić information content (AvgIpc) is 2.13. The molecule has 1 unspecified atom stereocenters. The lowest BCUT2D eigenvalue weighted by Crippen LogP contribution is -2.57. The van der Waals surface area contributed by atoms with E-state index in [1.807, 2.05) is 0 Å². The van der Waals surface area contributed by atoms with Gasteiger partial charge < -0.3 is 15.0 Å².